The van der Waals surface area contributed by atoms with Gasteiger partial charge in [0.1, 0.15) is 11.5 Å². The van der Waals surface area contributed by atoms with Crippen molar-refractivity contribution in [1.82, 2.24) is 5.32 Å². The van der Waals surface area contributed by atoms with Gasteiger partial charge in [-0.3, -0.25) is 0 Å². The molecule has 1 saturated carbocycles. The third kappa shape index (κ3) is 2.30. The van der Waals surface area contributed by atoms with Gasteiger partial charge in [0.2, 0.25) is 0 Å². The lowest BCUT2D eigenvalue weighted by Crippen LogP contribution is -2.36. The molecule has 0 unspecified atom stereocenters. The molecule has 5 heteroatoms. The lowest BCUT2D eigenvalue weighted by Gasteiger charge is -2.17. The van der Waals surface area contributed by atoms with Gasteiger partial charge in [0.25, 0.3) is 0 Å². The van der Waals surface area contributed by atoms with Crippen molar-refractivity contribution >= 4 is 11.7 Å². The average Bonchev–Trinajstić information content (AvgIpc) is 3.17. The molecule has 0 atom stereocenters. The van der Waals surface area contributed by atoms with Crippen LogP contribution in [0.25, 0.3) is 0 Å². The van der Waals surface area contributed by atoms with Crippen molar-refractivity contribution in [3.63, 3.8) is 0 Å². The summed E-state index contributed by atoms with van der Waals surface area (Å²) in [5.41, 5.74) is 3.01. The Balaban J connectivity index is 1.58. The number of fused-ring (bicyclic) bond motifs is 2. The number of anilines is 1. The molecule has 21 heavy (non-hydrogen) atoms. The third-order valence-electron chi connectivity index (χ3n) is 4.58. The maximum atomic E-state index is 12.2. The molecule has 3 aliphatic rings. The predicted octanol–water partition coefficient (Wildman–Crippen LogP) is 2.62. The zero-order valence-electron chi connectivity index (χ0n) is 12.0. The quantitative estimate of drug-likeness (QED) is 0.879. The lowest BCUT2D eigenvalue weighted by atomic mass is 10.0. The second-order valence-electron chi connectivity index (χ2n) is 5.99. The van der Waals surface area contributed by atoms with Crippen LogP contribution in [0.2, 0.25) is 0 Å². The molecular formula is C16H20N2O3. The number of benzene rings is 1. The summed E-state index contributed by atoms with van der Waals surface area (Å²) in [6, 6.07) is 2.25. The molecule has 1 aliphatic carbocycles. The van der Waals surface area contributed by atoms with Gasteiger partial charge in [-0.25, -0.2) is 4.79 Å². The van der Waals surface area contributed by atoms with E-state index < -0.39 is 0 Å². The summed E-state index contributed by atoms with van der Waals surface area (Å²) < 4.78 is 11.4. The van der Waals surface area contributed by atoms with Crippen molar-refractivity contribution in [3.8, 4) is 11.5 Å². The molecule has 0 spiro atoms. The van der Waals surface area contributed by atoms with E-state index in [-0.39, 0.29) is 6.03 Å². The number of carbonyl (C=O) groups excluding carboxylic acids is 1. The molecule has 112 valence electrons. The van der Waals surface area contributed by atoms with Gasteiger partial charge in [-0.1, -0.05) is 12.8 Å². The van der Waals surface area contributed by atoms with Crippen molar-refractivity contribution in [3.05, 3.63) is 17.2 Å². The van der Waals surface area contributed by atoms with Gasteiger partial charge in [-0.2, -0.15) is 0 Å². The molecule has 1 fully saturated rings. The van der Waals surface area contributed by atoms with Crippen LogP contribution in [0.3, 0.4) is 0 Å². The Kier molecular flexibility index (Phi) is 3.13. The minimum absolute atomic E-state index is 0.125. The monoisotopic (exact) mass is 288 g/mol. The van der Waals surface area contributed by atoms with Gasteiger partial charge < -0.3 is 20.1 Å². The highest BCUT2D eigenvalue weighted by Gasteiger charge is 2.28. The fraction of sp³-hybridized carbons (Fsp3) is 0.562. The van der Waals surface area contributed by atoms with Crippen LogP contribution in [0, 0.1) is 0 Å². The van der Waals surface area contributed by atoms with Gasteiger partial charge in [-0.15, -0.1) is 0 Å². The predicted molar refractivity (Wildman–Crippen MR) is 79.3 cm³/mol. The minimum Gasteiger partial charge on any atom is -0.493 e. The summed E-state index contributed by atoms with van der Waals surface area (Å²) in [5, 5.41) is 6.08. The topological polar surface area (TPSA) is 59.6 Å². The Bertz CT molecular complexity index is 547. The first-order chi connectivity index (χ1) is 10.3. The van der Waals surface area contributed by atoms with Crippen molar-refractivity contribution < 1.29 is 14.3 Å². The summed E-state index contributed by atoms with van der Waals surface area (Å²) in [6.07, 6.45) is 6.28. The SMILES string of the molecule is O=C(Nc1c2c(cc3c1OCC3)OCC2)NC1CCCC1. The van der Waals surface area contributed by atoms with Crippen LogP contribution in [0.15, 0.2) is 6.07 Å². The highest BCUT2D eigenvalue weighted by molar-refractivity contribution is 5.93. The fourth-order valence-electron chi connectivity index (χ4n) is 3.52. The zero-order chi connectivity index (χ0) is 14.2. The summed E-state index contributed by atoms with van der Waals surface area (Å²) in [7, 11) is 0. The molecular weight excluding hydrogens is 268 g/mol. The summed E-state index contributed by atoms with van der Waals surface area (Å²) >= 11 is 0. The molecule has 0 bridgehead atoms. The van der Waals surface area contributed by atoms with E-state index in [1.807, 2.05) is 0 Å². The average molecular weight is 288 g/mol. The first-order valence-electron chi connectivity index (χ1n) is 7.83. The number of hydrogen-bond donors (Lipinski definition) is 2. The van der Waals surface area contributed by atoms with Crippen molar-refractivity contribution in [1.29, 1.82) is 0 Å². The van der Waals surface area contributed by atoms with E-state index in [9.17, 15) is 4.79 Å². The minimum atomic E-state index is -0.125. The van der Waals surface area contributed by atoms with E-state index in [0.29, 0.717) is 19.3 Å². The standard InChI is InChI=1S/C16H20N2O3/c19-16(17-11-3-1-2-4-11)18-14-12-6-8-20-13(12)9-10-5-7-21-15(10)14/h9,11H,1-8H2,(H2,17,18,19). The summed E-state index contributed by atoms with van der Waals surface area (Å²) in [5.74, 6) is 1.73. The Morgan fingerprint density at radius 3 is 2.81 bits per heavy atom. The van der Waals surface area contributed by atoms with Crippen LogP contribution < -0.4 is 20.1 Å². The second-order valence-corrected chi connectivity index (χ2v) is 5.99. The van der Waals surface area contributed by atoms with Crippen molar-refractivity contribution in [2.75, 3.05) is 18.5 Å². The normalized spacial score (nSPS) is 19.6. The Morgan fingerprint density at radius 2 is 1.95 bits per heavy atom. The summed E-state index contributed by atoms with van der Waals surface area (Å²) in [6.45, 7) is 1.36. The number of nitrogens with one attached hydrogen (secondary N) is 2. The maximum absolute atomic E-state index is 12.2. The van der Waals surface area contributed by atoms with Gasteiger partial charge in [0.15, 0.2) is 0 Å². The molecule has 1 aromatic rings. The van der Waals surface area contributed by atoms with E-state index >= 15 is 0 Å². The number of ether oxygens (including phenoxy) is 2. The Morgan fingerprint density at radius 1 is 1.14 bits per heavy atom. The van der Waals surface area contributed by atoms with Gasteiger partial charge >= 0.3 is 6.03 Å². The Hall–Kier alpha value is -1.91. The molecule has 2 aliphatic heterocycles. The molecule has 5 nitrogen and oxygen atoms in total. The highest BCUT2D eigenvalue weighted by Crippen LogP contribution is 2.44. The van der Waals surface area contributed by atoms with Gasteiger partial charge in [0, 0.05) is 30.0 Å². The molecule has 2 heterocycles. The number of urea groups is 1. The number of amides is 2. The highest BCUT2D eigenvalue weighted by atomic mass is 16.5. The van der Waals surface area contributed by atoms with E-state index in [4.69, 9.17) is 9.47 Å². The Labute approximate surface area is 124 Å². The van der Waals surface area contributed by atoms with Crippen molar-refractivity contribution in [2.45, 2.75) is 44.6 Å². The van der Waals surface area contributed by atoms with Crippen LogP contribution in [-0.4, -0.2) is 25.3 Å². The number of rotatable bonds is 2. The molecule has 0 radical (unpaired) electrons. The van der Waals surface area contributed by atoms with Crippen LogP contribution >= 0.6 is 0 Å². The number of hydrogen-bond acceptors (Lipinski definition) is 3. The lowest BCUT2D eigenvalue weighted by molar-refractivity contribution is 0.248. The molecule has 4 rings (SSSR count). The molecule has 2 N–H and O–H groups in total. The molecule has 1 aromatic carbocycles. The van der Waals surface area contributed by atoms with E-state index in [1.54, 1.807) is 0 Å². The van der Waals surface area contributed by atoms with Crippen LogP contribution in [0.4, 0.5) is 10.5 Å². The first kappa shape index (κ1) is 12.8. The largest absolute Gasteiger partial charge is 0.493 e. The first-order valence-corrected chi connectivity index (χ1v) is 7.83. The van der Waals surface area contributed by atoms with Crippen LogP contribution in [-0.2, 0) is 12.8 Å². The van der Waals surface area contributed by atoms with E-state index in [2.05, 4.69) is 16.7 Å². The molecule has 0 saturated heterocycles. The van der Waals surface area contributed by atoms with Gasteiger partial charge in [0.05, 0.1) is 18.9 Å². The second kappa shape index (κ2) is 5.13. The smallest absolute Gasteiger partial charge is 0.319 e. The van der Waals surface area contributed by atoms with Crippen molar-refractivity contribution in [2.24, 2.45) is 0 Å². The molecule has 0 aromatic heterocycles. The fourth-order valence-corrected chi connectivity index (χ4v) is 3.52. The van der Waals surface area contributed by atoms with E-state index in [1.165, 1.54) is 12.8 Å². The maximum Gasteiger partial charge on any atom is 0.319 e. The summed E-state index contributed by atoms with van der Waals surface area (Å²) in [4.78, 5) is 12.2. The third-order valence-corrected chi connectivity index (χ3v) is 4.58. The number of carbonyl (C=O) groups is 1. The van der Waals surface area contributed by atoms with Crippen LogP contribution in [0.1, 0.15) is 36.8 Å². The zero-order valence-corrected chi connectivity index (χ0v) is 12.0. The van der Waals surface area contributed by atoms with Gasteiger partial charge in [-0.05, 0) is 18.9 Å². The molecule has 2 amide bonds. The van der Waals surface area contributed by atoms with Crippen LogP contribution in [0.5, 0.6) is 11.5 Å². The van der Waals surface area contributed by atoms with E-state index in [0.717, 1.165) is 54.0 Å².